The van der Waals surface area contributed by atoms with Crippen molar-refractivity contribution in [2.45, 2.75) is 20.4 Å². The maximum atomic E-state index is 13.1. The van der Waals surface area contributed by atoms with Crippen molar-refractivity contribution in [1.29, 1.82) is 0 Å². The number of nitrogens with one attached hydrogen (secondary N) is 1. The molecule has 5 nitrogen and oxygen atoms in total. The summed E-state index contributed by atoms with van der Waals surface area (Å²) < 4.78 is 18.2. The van der Waals surface area contributed by atoms with Crippen LogP contribution in [0.25, 0.3) is 0 Å². The van der Waals surface area contributed by atoms with Crippen LogP contribution in [0.5, 0.6) is 0 Å². The number of quaternary nitrogens is 1. The molecule has 0 aliphatic carbocycles. The van der Waals surface area contributed by atoms with E-state index in [1.165, 1.54) is 17.0 Å². The highest BCUT2D eigenvalue weighted by Gasteiger charge is 2.28. The van der Waals surface area contributed by atoms with E-state index < -0.39 is 0 Å². The maximum absolute atomic E-state index is 13.1. The van der Waals surface area contributed by atoms with Gasteiger partial charge in [-0.15, -0.1) is 0 Å². The Labute approximate surface area is 145 Å². The number of hydrogen-bond donors (Lipinski definition) is 1. The number of aryl methyl sites for hydroxylation is 2. The molecule has 1 N–H and O–H groups in total. The van der Waals surface area contributed by atoms with Gasteiger partial charge in [0.25, 0.3) is 5.91 Å². The number of hydrogen-bond acceptors (Lipinski definition) is 3. The van der Waals surface area contributed by atoms with E-state index >= 15 is 0 Å². The van der Waals surface area contributed by atoms with E-state index in [9.17, 15) is 9.18 Å². The van der Waals surface area contributed by atoms with Crippen molar-refractivity contribution in [1.82, 2.24) is 10.1 Å². The molecule has 2 aromatic rings. The van der Waals surface area contributed by atoms with Crippen LogP contribution in [0.2, 0.25) is 5.02 Å². The summed E-state index contributed by atoms with van der Waals surface area (Å²) in [6.45, 7) is 7.24. The van der Waals surface area contributed by atoms with Gasteiger partial charge in [-0.25, -0.2) is 4.39 Å². The molecule has 0 spiro atoms. The van der Waals surface area contributed by atoms with Crippen LogP contribution < -0.4 is 4.90 Å². The van der Waals surface area contributed by atoms with Crippen LogP contribution in [0, 0.1) is 19.7 Å². The van der Waals surface area contributed by atoms with Crippen molar-refractivity contribution >= 4 is 17.5 Å². The molecule has 0 radical (unpaired) electrons. The number of amides is 1. The molecule has 2 heterocycles. The normalized spacial score (nSPS) is 15.8. The van der Waals surface area contributed by atoms with Crippen LogP contribution in [-0.4, -0.2) is 42.1 Å². The third kappa shape index (κ3) is 3.44. The number of halogens is 2. The lowest BCUT2D eigenvalue weighted by atomic mass is 10.1. The minimum Gasteiger partial charge on any atom is -0.361 e. The smallest absolute Gasteiger partial charge is 0.259 e. The first-order valence-electron chi connectivity index (χ1n) is 7.95. The average molecular weight is 353 g/mol. The first-order valence-corrected chi connectivity index (χ1v) is 8.33. The molecule has 1 aromatic heterocycles. The lowest BCUT2D eigenvalue weighted by Crippen LogP contribution is -3.13. The summed E-state index contributed by atoms with van der Waals surface area (Å²) in [4.78, 5) is 15.8. The van der Waals surface area contributed by atoms with Gasteiger partial charge in [-0.1, -0.05) is 16.8 Å². The predicted octanol–water partition coefficient (Wildman–Crippen LogP) is 1.62. The van der Waals surface area contributed by atoms with E-state index in [0.29, 0.717) is 35.1 Å². The summed E-state index contributed by atoms with van der Waals surface area (Å²) in [6, 6.07) is 4.50. The van der Waals surface area contributed by atoms with Crippen molar-refractivity contribution in [2.24, 2.45) is 0 Å². The first-order chi connectivity index (χ1) is 11.5. The van der Waals surface area contributed by atoms with E-state index in [1.807, 2.05) is 4.90 Å². The fourth-order valence-corrected chi connectivity index (χ4v) is 3.32. The summed E-state index contributed by atoms with van der Waals surface area (Å²) in [5.41, 5.74) is 2.13. The SMILES string of the molecule is Cc1noc(C)c1C(=O)N1CC[NH+](Cc2ccc(F)cc2Cl)CC1. The molecule has 0 bridgehead atoms. The Hall–Kier alpha value is -1.92. The van der Waals surface area contributed by atoms with Gasteiger partial charge in [0.05, 0.1) is 36.9 Å². The highest BCUT2D eigenvalue weighted by molar-refractivity contribution is 6.31. The van der Waals surface area contributed by atoms with Gasteiger partial charge >= 0.3 is 0 Å². The average Bonchev–Trinajstić information content (AvgIpc) is 2.89. The summed E-state index contributed by atoms with van der Waals surface area (Å²) in [6.07, 6.45) is 0. The molecule has 0 unspecified atom stereocenters. The Kier molecular flexibility index (Phi) is 4.87. The molecular weight excluding hydrogens is 333 g/mol. The monoisotopic (exact) mass is 352 g/mol. The Balaban J connectivity index is 1.60. The third-order valence-electron chi connectivity index (χ3n) is 4.46. The molecule has 1 fully saturated rings. The van der Waals surface area contributed by atoms with Gasteiger partial charge in [0.1, 0.15) is 23.7 Å². The van der Waals surface area contributed by atoms with Gasteiger partial charge in [-0.05, 0) is 32.0 Å². The van der Waals surface area contributed by atoms with Crippen LogP contribution in [-0.2, 0) is 6.54 Å². The summed E-state index contributed by atoms with van der Waals surface area (Å²) in [5.74, 6) is 0.212. The van der Waals surface area contributed by atoms with Crippen LogP contribution in [0.4, 0.5) is 4.39 Å². The van der Waals surface area contributed by atoms with Crippen LogP contribution >= 0.6 is 11.6 Å². The van der Waals surface area contributed by atoms with Crippen molar-refractivity contribution in [2.75, 3.05) is 26.2 Å². The van der Waals surface area contributed by atoms with Gasteiger partial charge in [-0.3, -0.25) is 4.79 Å². The fraction of sp³-hybridized carbons (Fsp3) is 0.412. The van der Waals surface area contributed by atoms with E-state index in [-0.39, 0.29) is 11.7 Å². The number of piperazine rings is 1. The Bertz CT molecular complexity index is 735. The van der Waals surface area contributed by atoms with Crippen molar-refractivity contribution in [3.63, 3.8) is 0 Å². The lowest BCUT2D eigenvalue weighted by molar-refractivity contribution is -0.917. The van der Waals surface area contributed by atoms with Crippen LogP contribution in [0.1, 0.15) is 27.4 Å². The molecule has 0 atom stereocenters. The van der Waals surface area contributed by atoms with E-state index in [1.54, 1.807) is 19.9 Å². The van der Waals surface area contributed by atoms with Crippen molar-refractivity contribution < 1.29 is 18.6 Å². The summed E-state index contributed by atoms with van der Waals surface area (Å²) >= 11 is 6.10. The zero-order valence-electron chi connectivity index (χ0n) is 13.7. The molecule has 1 aromatic carbocycles. The molecular formula is C17H20ClFN3O2+. The summed E-state index contributed by atoms with van der Waals surface area (Å²) in [7, 11) is 0. The van der Waals surface area contributed by atoms with Gasteiger partial charge in [0.2, 0.25) is 0 Å². The fourth-order valence-electron chi connectivity index (χ4n) is 3.08. The van der Waals surface area contributed by atoms with Gasteiger partial charge < -0.3 is 14.3 Å². The Morgan fingerprint density at radius 2 is 2.08 bits per heavy atom. The minimum atomic E-state index is -0.325. The van der Waals surface area contributed by atoms with Gasteiger partial charge in [0, 0.05) is 5.56 Å². The number of carbonyl (C=O) groups is 1. The van der Waals surface area contributed by atoms with Crippen molar-refractivity contribution in [3.05, 3.63) is 51.6 Å². The van der Waals surface area contributed by atoms with Gasteiger partial charge in [-0.2, -0.15) is 0 Å². The molecule has 7 heteroatoms. The number of nitrogens with zero attached hydrogens (tertiary/aromatic N) is 2. The molecule has 128 valence electrons. The highest BCUT2D eigenvalue weighted by atomic mass is 35.5. The first kappa shape index (κ1) is 16.9. The van der Waals surface area contributed by atoms with Gasteiger partial charge in [0.15, 0.2) is 0 Å². The van der Waals surface area contributed by atoms with Crippen molar-refractivity contribution in [3.8, 4) is 0 Å². The second-order valence-corrected chi connectivity index (χ2v) is 6.56. The second kappa shape index (κ2) is 6.91. The van der Waals surface area contributed by atoms with E-state index in [2.05, 4.69) is 5.16 Å². The minimum absolute atomic E-state index is 0.0230. The van der Waals surface area contributed by atoms with E-state index in [0.717, 1.165) is 25.2 Å². The molecule has 1 amide bonds. The Morgan fingerprint density at radius 1 is 1.38 bits per heavy atom. The zero-order valence-corrected chi connectivity index (χ0v) is 14.5. The third-order valence-corrected chi connectivity index (χ3v) is 4.81. The molecule has 1 aliphatic rings. The molecule has 24 heavy (non-hydrogen) atoms. The predicted molar refractivity (Wildman–Crippen MR) is 87.7 cm³/mol. The quantitative estimate of drug-likeness (QED) is 0.913. The van der Waals surface area contributed by atoms with E-state index in [4.69, 9.17) is 16.1 Å². The molecule has 1 saturated heterocycles. The maximum Gasteiger partial charge on any atom is 0.259 e. The summed E-state index contributed by atoms with van der Waals surface area (Å²) in [5, 5.41) is 4.30. The lowest BCUT2D eigenvalue weighted by Gasteiger charge is -2.32. The molecule has 1 aliphatic heterocycles. The zero-order chi connectivity index (χ0) is 17.3. The number of benzene rings is 1. The largest absolute Gasteiger partial charge is 0.361 e. The molecule has 3 rings (SSSR count). The number of aromatic nitrogens is 1. The van der Waals surface area contributed by atoms with Crippen LogP contribution in [0.15, 0.2) is 22.7 Å². The standard InChI is InChI=1S/C17H19ClFN3O2/c1-11-16(12(2)24-20-11)17(23)22-7-5-21(6-8-22)10-13-3-4-14(19)9-15(13)18/h3-4,9H,5-8,10H2,1-2H3/p+1. The second-order valence-electron chi connectivity index (χ2n) is 6.15. The van der Waals surface area contributed by atoms with Crippen LogP contribution in [0.3, 0.4) is 0 Å². The topological polar surface area (TPSA) is 50.8 Å². The highest BCUT2D eigenvalue weighted by Crippen LogP contribution is 2.17. The number of rotatable bonds is 3. The Morgan fingerprint density at radius 3 is 2.67 bits per heavy atom. The number of carbonyl (C=O) groups excluding carboxylic acids is 1. The molecule has 0 saturated carbocycles.